The van der Waals surface area contributed by atoms with Gasteiger partial charge in [0, 0.05) is 19.1 Å². The van der Waals surface area contributed by atoms with Crippen molar-refractivity contribution in [2.45, 2.75) is 30.1 Å². The fraction of sp³-hybridized carbons (Fsp3) is 0.909. The molecule has 2 bridgehead atoms. The van der Waals surface area contributed by atoms with E-state index in [-0.39, 0.29) is 4.83 Å². The second-order valence-electron chi connectivity index (χ2n) is 4.99. The molecule has 0 N–H and O–H groups in total. The first-order valence-corrected chi connectivity index (χ1v) is 6.84. The van der Waals surface area contributed by atoms with Gasteiger partial charge in [-0.2, -0.15) is 0 Å². The lowest BCUT2D eigenvalue weighted by Crippen LogP contribution is -2.57. The minimum Gasteiger partial charge on any atom is -0.337 e. The number of amides is 1. The third-order valence-electron chi connectivity index (χ3n) is 4.20. The number of likely N-dealkylation sites (tertiary alicyclic amines) is 1. The molecule has 0 saturated carbocycles. The average molecular weight is 273 g/mol. The molecule has 0 spiro atoms. The van der Waals surface area contributed by atoms with Crippen molar-refractivity contribution in [3.8, 4) is 0 Å². The Balaban J connectivity index is 1.75. The van der Waals surface area contributed by atoms with Gasteiger partial charge in [-0.3, -0.25) is 4.79 Å². The molecule has 0 aliphatic carbocycles. The lowest BCUT2D eigenvalue weighted by molar-refractivity contribution is -0.132. The van der Waals surface area contributed by atoms with Crippen LogP contribution in [0.4, 0.5) is 0 Å². The van der Waals surface area contributed by atoms with E-state index in [2.05, 4.69) is 25.7 Å². The molecule has 4 rings (SSSR count). The van der Waals surface area contributed by atoms with Crippen molar-refractivity contribution in [2.24, 2.45) is 5.92 Å². The smallest absolute Gasteiger partial charge is 0.236 e. The number of hydrogen-bond donors (Lipinski definition) is 0. The fourth-order valence-corrected chi connectivity index (χ4v) is 3.75. The van der Waals surface area contributed by atoms with E-state index in [9.17, 15) is 4.79 Å². The number of alkyl halides is 1. The van der Waals surface area contributed by atoms with Crippen molar-refractivity contribution in [3.05, 3.63) is 0 Å². The Labute approximate surface area is 98.9 Å². The average Bonchev–Trinajstić information content (AvgIpc) is 2.61. The number of nitrogens with zero attached hydrogens (tertiary/aromatic N) is 2. The van der Waals surface area contributed by atoms with E-state index in [0.717, 1.165) is 25.4 Å². The molecule has 2 atom stereocenters. The van der Waals surface area contributed by atoms with Gasteiger partial charge in [0.05, 0.1) is 4.83 Å². The van der Waals surface area contributed by atoms with Crippen molar-refractivity contribution in [1.82, 2.24) is 9.80 Å². The SMILES string of the molecule is O=C1C(Br)CCN1C1CN2CCC1CC2. The van der Waals surface area contributed by atoms with E-state index in [1.165, 1.54) is 25.9 Å². The van der Waals surface area contributed by atoms with Crippen LogP contribution < -0.4 is 0 Å². The molecule has 1 amide bonds. The van der Waals surface area contributed by atoms with Crippen LogP contribution in [0.3, 0.4) is 0 Å². The van der Waals surface area contributed by atoms with Crippen LogP contribution in [0.25, 0.3) is 0 Å². The first kappa shape index (κ1) is 10.1. The van der Waals surface area contributed by atoms with Crippen LogP contribution in [0.1, 0.15) is 19.3 Å². The molecule has 0 aromatic rings. The Morgan fingerprint density at radius 3 is 2.33 bits per heavy atom. The zero-order chi connectivity index (χ0) is 10.4. The van der Waals surface area contributed by atoms with Crippen molar-refractivity contribution < 1.29 is 4.79 Å². The van der Waals surface area contributed by atoms with Gasteiger partial charge in [-0.15, -0.1) is 0 Å². The molecule has 4 aliphatic heterocycles. The van der Waals surface area contributed by atoms with Crippen LogP contribution in [0.2, 0.25) is 0 Å². The van der Waals surface area contributed by atoms with Gasteiger partial charge in [0.2, 0.25) is 5.91 Å². The zero-order valence-corrected chi connectivity index (χ0v) is 10.4. The van der Waals surface area contributed by atoms with Gasteiger partial charge in [0.25, 0.3) is 0 Å². The highest BCUT2D eigenvalue weighted by Gasteiger charge is 2.42. The maximum absolute atomic E-state index is 11.9. The summed E-state index contributed by atoms with van der Waals surface area (Å²) < 4.78 is 0. The summed E-state index contributed by atoms with van der Waals surface area (Å²) in [7, 11) is 0. The number of carbonyl (C=O) groups is 1. The molecule has 0 aromatic carbocycles. The topological polar surface area (TPSA) is 23.6 Å². The van der Waals surface area contributed by atoms with Gasteiger partial charge in [-0.1, -0.05) is 15.9 Å². The van der Waals surface area contributed by atoms with Crippen molar-refractivity contribution >= 4 is 21.8 Å². The predicted molar refractivity (Wildman–Crippen MR) is 62.0 cm³/mol. The summed E-state index contributed by atoms with van der Waals surface area (Å²) in [6, 6.07) is 0.516. The largest absolute Gasteiger partial charge is 0.337 e. The maximum Gasteiger partial charge on any atom is 0.236 e. The third-order valence-corrected chi connectivity index (χ3v) is 5.05. The summed E-state index contributed by atoms with van der Waals surface area (Å²) in [5.74, 6) is 1.10. The molecule has 84 valence electrons. The molecule has 3 nitrogen and oxygen atoms in total. The summed E-state index contributed by atoms with van der Waals surface area (Å²) in [6.45, 7) is 4.59. The van der Waals surface area contributed by atoms with Crippen molar-refractivity contribution in [3.63, 3.8) is 0 Å². The highest BCUT2D eigenvalue weighted by molar-refractivity contribution is 9.10. The number of fused-ring (bicyclic) bond motifs is 3. The predicted octanol–water partition coefficient (Wildman–Crippen LogP) is 1.08. The molecule has 4 saturated heterocycles. The number of halogens is 1. The Hall–Kier alpha value is -0.0900. The van der Waals surface area contributed by atoms with E-state index >= 15 is 0 Å². The highest BCUT2D eigenvalue weighted by Crippen LogP contribution is 2.33. The molecule has 0 radical (unpaired) electrons. The maximum atomic E-state index is 11.9. The highest BCUT2D eigenvalue weighted by atomic mass is 79.9. The molecule has 4 heteroatoms. The van der Waals surface area contributed by atoms with Gasteiger partial charge in [0.15, 0.2) is 0 Å². The monoisotopic (exact) mass is 272 g/mol. The van der Waals surface area contributed by atoms with Gasteiger partial charge in [0.1, 0.15) is 0 Å². The Kier molecular flexibility index (Phi) is 2.51. The summed E-state index contributed by atoms with van der Waals surface area (Å²) in [5.41, 5.74) is 0. The van der Waals surface area contributed by atoms with Crippen LogP contribution in [0, 0.1) is 5.92 Å². The van der Waals surface area contributed by atoms with E-state index in [1.807, 2.05) is 0 Å². The van der Waals surface area contributed by atoms with Gasteiger partial charge in [-0.05, 0) is 38.3 Å². The zero-order valence-electron chi connectivity index (χ0n) is 8.86. The summed E-state index contributed by atoms with van der Waals surface area (Å²) >= 11 is 3.46. The third kappa shape index (κ3) is 1.62. The van der Waals surface area contributed by atoms with E-state index in [0.29, 0.717) is 11.9 Å². The molecule has 0 aromatic heterocycles. The quantitative estimate of drug-likeness (QED) is 0.667. The minimum absolute atomic E-state index is 0.0907. The van der Waals surface area contributed by atoms with E-state index in [4.69, 9.17) is 0 Å². The Morgan fingerprint density at radius 2 is 1.87 bits per heavy atom. The normalized spacial score (nSPS) is 45.1. The molecule has 4 aliphatic rings. The van der Waals surface area contributed by atoms with Crippen LogP contribution in [0.15, 0.2) is 0 Å². The van der Waals surface area contributed by atoms with Gasteiger partial charge in [-0.25, -0.2) is 0 Å². The van der Waals surface area contributed by atoms with Crippen LogP contribution >= 0.6 is 15.9 Å². The minimum atomic E-state index is 0.0907. The summed E-state index contributed by atoms with van der Waals surface area (Å²) in [4.78, 5) is 16.7. The molecule has 2 unspecified atom stereocenters. The standard InChI is InChI=1S/C11H17BrN2O/c12-9-3-6-14(11(9)15)10-7-13-4-1-8(10)2-5-13/h8-10H,1-7H2. The van der Waals surface area contributed by atoms with Crippen molar-refractivity contribution in [1.29, 1.82) is 0 Å². The van der Waals surface area contributed by atoms with Gasteiger partial charge >= 0.3 is 0 Å². The van der Waals surface area contributed by atoms with Crippen LogP contribution in [0.5, 0.6) is 0 Å². The summed E-state index contributed by atoms with van der Waals surface area (Å²) in [6.07, 6.45) is 3.57. The first-order valence-electron chi connectivity index (χ1n) is 5.92. The van der Waals surface area contributed by atoms with Crippen LogP contribution in [-0.4, -0.2) is 52.8 Å². The number of carbonyl (C=O) groups excluding carboxylic acids is 1. The van der Waals surface area contributed by atoms with E-state index in [1.54, 1.807) is 0 Å². The van der Waals surface area contributed by atoms with Gasteiger partial charge < -0.3 is 9.80 Å². The second-order valence-corrected chi connectivity index (χ2v) is 6.10. The molecular weight excluding hydrogens is 256 g/mol. The molecule has 4 fully saturated rings. The summed E-state index contributed by atoms with van der Waals surface area (Å²) in [5, 5.41) is 0. The lowest BCUT2D eigenvalue weighted by Gasteiger charge is -2.48. The van der Waals surface area contributed by atoms with E-state index < -0.39 is 0 Å². The Morgan fingerprint density at radius 1 is 1.13 bits per heavy atom. The molecular formula is C11H17BrN2O. The van der Waals surface area contributed by atoms with Crippen molar-refractivity contribution in [2.75, 3.05) is 26.2 Å². The number of rotatable bonds is 1. The number of piperidine rings is 3. The number of hydrogen-bond acceptors (Lipinski definition) is 2. The molecule has 4 heterocycles. The second kappa shape index (κ2) is 3.74. The Bertz CT molecular complexity index is 276. The van der Waals surface area contributed by atoms with Crippen LogP contribution in [-0.2, 0) is 4.79 Å². The lowest BCUT2D eigenvalue weighted by atomic mass is 9.83. The fourth-order valence-electron chi connectivity index (χ4n) is 3.28. The molecule has 15 heavy (non-hydrogen) atoms. The first-order chi connectivity index (χ1) is 7.25.